The molecule has 1 unspecified atom stereocenters. The van der Waals surface area contributed by atoms with Gasteiger partial charge in [-0.2, -0.15) is 31.3 Å². The summed E-state index contributed by atoms with van der Waals surface area (Å²) in [5.74, 6) is -0.201. The second-order valence-corrected chi connectivity index (χ2v) is 9.14. The van der Waals surface area contributed by atoms with Crippen molar-refractivity contribution < 1.29 is 55.0 Å². The summed E-state index contributed by atoms with van der Waals surface area (Å²) in [7, 11) is 0. The van der Waals surface area contributed by atoms with Crippen LogP contribution >= 0.6 is 12.0 Å². The van der Waals surface area contributed by atoms with Gasteiger partial charge in [0.05, 0.1) is 0 Å². The van der Waals surface area contributed by atoms with E-state index in [1.54, 1.807) is 25.1 Å². The number of nitrogens with zero attached hydrogens (tertiary/aromatic N) is 1. The molecule has 1 aliphatic rings. The van der Waals surface area contributed by atoms with Crippen LogP contribution in [0.25, 0.3) is 11.1 Å². The van der Waals surface area contributed by atoms with Crippen molar-refractivity contribution in [3.8, 4) is 16.9 Å². The van der Waals surface area contributed by atoms with E-state index in [1.165, 1.54) is 12.1 Å². The van der Waals surface area contributed by atoms with Gasteiger partial charge in [0.15, 0.2) is 12.3 Å². The van der Waals surface area contributed by atoms with Crippen molar-refractivity contribution >= 4 is 23.7 Å². The molecular formula is C26H19F6NO6S. The first-order chi connectivity index (χ1) is 18.9. The molecule has 3 aromatic rings. The number of oxime groups is 1. The summed E-state index contributed by atoms with van der Waals surface area (Å²) in [6.45, 7) is 1.40. The van der Waals surface area contributed by atoms with E-state index < -0.39 is 47.1 Å². The molecule has 0 spiro atoms. The fraction of sp³-hybridized carbons (Fsp3) is 0.231. The Morgan fingerprint density at radius 2 is 1.62 bits per heavy atom. The van der Waals surface area contributed by atoms with Crippen molar-refractivity contribution in [2.75, 3.05) is 6.61 Å². The smallest absolute Gasteiger partial charge is 0.471 e. The molecule has 3 aromatic carbocycles. The van der Waals surface area contributed by atoms with Gasteiger partial charge in [0.2, 0.25) is 0 Å². The lowest BCUT2D eigenvalue weighted by molar-refractivity contribution is -0.464. The predicted molar refractivity (Wildman–Crippen MR) is 131 cm³/mol. The normalized spacial score (nSPS) is 13.8. The first-order valence-corrected chi connectivity index (χ1v) is 12.2. The summed E-state index contributed by atoms with van der Waals surface area (Å²) in [6.07, 6.45) is -5.23. The maximum Gasteiger partial charge on any atom is 0.471 e. The van der Waals surface area contributed by atoms with Gasteiger partial charge in [-0.1, -0.05) is 48.5 Å². The van der Waals surface area contributed by atoms with E-state index in [4.69, 9.17) is 9.47 Å². The molecule has 0 fully saturated rings. The second-order valence-electron chi connectivity index (χ2n) is 8.38. The highest BCUT2D eigenvalue weighted by molar-refractivity contribution is 7.95. The molecule has 212 valence electrons. The van der Waals surface area contributed by atoms with E-state index in [-0.39, 0.29) is 13.0 Å². The standard InChI is InChI=1S/C26H19F6NO6S/c1-15(16-5-3-2-4-6-16)36-23(34)14-35-20-8-10-22-19(13-20)12-18-11-17(7-9-21(18)22)24(25(27,28)29)33-37-38-39-40-26(30,31)32/h2-11,13,15H,12,14H2,1H3/b33-24-. The number of carbonyl (C=O) groups excluding carboxylic acids is 1. The quantitative estimate of drug-likeness (QED) is 0.0368. The monoisotopic (exact) mass is 587 g/mol. The summed E-state index contributed by atoms with van der Waals surface area (Å²) >= 11 is -1.13. The van der Waals surface area contributed by atoms with E-state index in [0.29, 0.717) is 16.9 Å². The molecule has 1 aliphatic carbocycles. The number of benzene rings is 3. The Kier molecular flexibility index (Phi) is 8.91. The van der Waals surface area contributed by atoms with Crippen LogP contribution in [0.15, 0.2) is 71.9 Å². The lowest BCUT2D eigenvalue weighted by Crippen LogP contribution is -2.24. The number of alkyl halides is 6. The summed E-state index contributed by atoms with van der Waals surface area (Å²) in [5, 5.41) is 6.36. The van der Waals surface area contributed by atoms with Crippen LogP contribution in [0, 0.1) is 0 Å². The van der Waals surface area contributed by atoms with Gasteiger partial charge >= 0.3 is 17.7 Å². The van der Waals surface area contributed by atoms with Gasteiger partial charge in [0, 0.05) is 10.6 Å². The largest absolute Gasteiger partial charge is 0.482 e. The highest BCUT2D eigenvalue weighted by Crippen LogP contribution is 2.39. The maximum absolute atomic E-state index is 13.6. The first kappa shape index (κ1) is 29.2. The Balaban J connectivity index is 1.40. The van der Waals surface area contributed by atoms with Crippen molar-refractivity contribution in [1.29, 1.82) is 0 Å². The lowest BCUT2D eigenvalue weighted by atomic mass is 10.0. The number of hydrogen-bond donors (Lipinski definition) is 0. The third-order valence-corrected chi connectivity index (χ3v) is 5.96. The molecule has 0 amide bonds. The molecule has 14 heteroatoms. The first-order valence-electron chi connectivity index (χ1n) is 11.4. The maximum atomic E-state index is 13.6. The van der Waals surface area contributed by atoms with Crippen LogP contribution in [-0.2, 0) is 30.3 Å². The van der Waals surface area contributed by atoms with Gasteiger partial charge in [-0.3, -0.25) is 0 Å². The van der Waals surface area contributed by atoms with Crippen molar-refractivity contribution in [3.63, 3.8) is 0 Å². The van der Waals surface area contributed by atoms with E-state index in [2.05, 4.69) is 19.5 Å². The fourth-order valence-electron chi connectivity index (χ4n) is 3.98. The predicted octanol–water partition coefficient (Wildman–Crippen LogP) is 7.26. The van der Waals surface area contributed by atoms with Crippen LogP contribution < -0.4 is 4.74 Å². The molecule has 0 aliphatic heterocycles. The summed E-state index contributed by atoms with van der Waals surface area (Å²) in [5.41, 5.74) is -3.26. The Morgan fingerprint density at radius 1 is 0.950 bits per heavy atom. The van der Waals surface area contributed by atoms with Crippen LogP contribution in [0.2, 0.25) is 0 Å². The molecule has 7 nitrogen and oxygen atoms in total. The van der Waals surface area contributed by atoms with Gasteiger partial charge in [-0.25, -0.2) is 4.79 Å². The van der Waals surface area contributed by atoms with Crippen molar-refractivity contribution in [1.82, 2.24) is 0 Å². The van der Waals surface area contributed by atoms with E-state index in [9.17, 15) is 31.1 Å². The molecule has 0 saturated heterocycles. The second kappa shape index (κ2) is 12.2. The van der Waals surface area contributed by atoms with Gasteiger partial charge in [-0.15, -0.1) is 4.33 Å². The van der Waals surface area contributed by atoms with Crippen molar-refractivity contribution in [2.45, 2.75) is 31.1 Å². The minimum Gasteiger partial charge on any atom is -0.482 e. The summed E-state index contributed by atoms with van der Waals surface area (Å²) < 4.78 is 91.1. The highest BCUT2D eigenvalue weighted by atomic mass is 32.2. The van der Waals surface area contributed by atoms with E-state index in [0.717, 1.165) is 22.8 Å². The zero-order valence-corrected chi connectivity index (χ0v) is 21.2. The molecule has 0 N–H and O–H groups in total. The van der Waals surface area contributed by atoms with Crippen molar-refractivity contribution in [2.24, 2.45) is 5.16 Å². The van der Waals surface area contributed by atoms with Gasteiger partial charge in [0.1, 0.15) is 23.9 Å². The SMILES string of the molecule is CC(OC(=O)COc1ccc2c(c1)Cc1cc(/C(=N/OOOSC(F)(F)F)C(F)(F)F)ccc1-2)c1ccccc1. The van der Waals surface area contributed by atoms with Crippen LogP contribution in [-0.4, -0.2) is 30.0 Å². The fourth-order valence-corrected chi connectivity index (χ4v) is 4.10. The number of esters is 1. The molecule has 0 saturated carbocycles. The third kappa shape index (κ3) is 7.67. The number of fused-ring (bicyclic) bond motifs is 3. The molecule has 40 heavy (non-hydrogen) atoms. The van der Waals surface area contributed by atoms with Crippen LogP contribution in [0.1, 0.15) is 35.3 Å². The Bertz CT molecular complexity index is 1380. The van der Waals surface area contributed by atoms with Gasteiger partial charge in [-0.05, 0) is 64.5 Å². The zero-order valence-electron chi connectivity index (χ0n) is 20.4. The summed E-state index contributed by atoms with van der Waals surface area (Å²) in [6, 6.07) is 18.0. The molecule has 1 atom stereocenters. The van der Waals surface area contributed by atoms with Crippen LogP contribution in [0.5, 0.6) is 5.75 Å². The minimum atomic E-state index is -5.02. The molecule has 0 heterocycles. The Morgan fingerprint density at radius 3 is 2.30 bits per heavy atom. The zero-order chi connectivity index (χ0) is 28.9. The number of ether oxygens (including phenoxy) is 2. The van der Waals surface area contributed by atoms with Gasteiger partial charge < -0.3 is 9.47 Å². The Hall–Kier alpha value is -3.75. The highest BCUT2D eigenvalue weighted by Gasteiger charge is 2.39. The lowest BCUT2D eigenvalue weighted by Gasteiger charge is -2.14. The van der Waals surface area contributed by atoms with Gasteiger partial charge in [0.25, 0.3) is 0 Å². The molecule has 0 radical (unpaired) electrons. The average molecular weight is 587 g/mol. The number of hydrogen-bond acceptors (Lipinski definition) is 8. The number of rotatable bonds is 10. The van der Waals surface area contributed by atoms with Crippen LogP contribution in [0.4, 0.5) is 26.3 Å². The molecule has 4 rings (SSSR count). The van der Waals surface area contributed by atoms with E-state index in [1.807, 2.05) is 30.3 Å². The van der Waals surface area contributed by atoms with Crippen LogP contribution in [0.3, 0.4) is 0 Å². The third-order valence-electron chi connectivity index (χ3n) is 5.64. The molecular weight excluding hydrogens is 568 g/mol. The minimum absolute atomic E-state index is 0.249. The number of carbonyl (C=O) groups is 1. The average Bonchev–Trinajstić information content (AvgIpc) is 3.25. The molecule has 0 bridgehead atoms. The summed E-state index contributed by atoms with van der Waals surface area (Å²) in [4.78, 5) is 16.1. The van der Waals surface area contributed by atoms with E-state index >= 15 is 0 Å². The number of halogens is 6. The molecule has 0 aromatic heterocycles. The van der Waals surface area contributed by atoms with Crippen molar-refractivity contribution in [3.05, 3.63) is 89.0 Å². The Labute approximate surface area is 227 Å². The topological polar surface area (TPSA) is 75.6 Å².